The van der Waals surface area contributed by atoms with E-state index in [0.717, 1.165) is 0 Å². The van der Waals surface area contributed by atoms with Gasteiger partial charge in [0, 0.05) is 0 Å². The Labute approximate surface area is 93.2 Å². The summed E-state index contributed by atoms with van der Waals surface area (Å²) in [5.74, 6) is 0.667. The number of hydrogen-bond acceptors (Lipinski definition) is 3. The Morgan fingerprint density at radius 1 is 1.25 bits per heavy atom. The minimum Gasteiger partial charge on any atom is -0.489 e. The third-order valence-corrected chi connectivity index (χ3v) is 1.75. The van der Waals surface area contributed by atoms with E-state index in [-0.39, 0.29) is 17.5 Å². The molecule has 0 atom stereocenters. The maximum Gasteiger partial charge on any atom is 0.272 e. The maximum atomic E-state index is 12.0. The Kier molecular flexibility index (Phi) is 4.34. The first-order chi connectivity index (χ1) is 7.50. The molecule has 0 aliphatic rings. The zero-order valence-electron chi connectivity index (χ0n) is 9.24. The Balaban J connectivity index is 2.78. The van der Waals surface area contributed by atoms with Gasteiger partial charge in [0.2, 0.25) is 0 Å². The number of ether oxygens (including phenoxy) is 2. The molecule has 1 aromatic rings. The summed E-state index contributed by atoms with van der Waals surface area (Å²) in [6.07, 6.45) is -2.55. The summed E-state index contributed by atoms with van der Waals surface area (Å²) >= 11 is 0. The van der Waals surface area contributed by atoms with E-state index in [1.54, 1.807) is 12.1 Å². The second-order valence-electron chi connectivity index (χ2n) is 3.54. The second-order valence-corrected chi connectivity index (χ2v) is 3.54. The topological polar surface area (TPSA) is 44.5 Å². The lowest BCUT2D eigenvalue weighted by atomic mass is 10.2. The Bertz CT molecular complexity index is 343. The fourth-order valence-electron chi connectivity index (χ4n) is 1.16. The van der Waals surface area contributed by atoms with Gasteiger partial charge in [-0.2, -0.15) is 0 Å². The van der Waals surface area contributed by atoms with Crippen molar-refractivity contribution < 1.29 is 18.3 Å². The Morgan fingerprint density at radius 2 is 1.88 bits per heavy atom. The lowest BCUT2D eigenvalue weighted by molar-refractivity contribution is 0.0821. The lowest BCUT2D eigenvalue weighted by Crippen LogP contribution is -2.11. The fourth-order valence-corrected chi connectivity index (χ4v) is 1.16. The molecule has 0 amide bonds. The van der Waals surface area contributed by atoms with E-state index in [4.69, 9.17) is 15.2 Å². The second kappa shape index (κ2) is 5.53. The molecule has 5 heteroatoms. The van der Waals surface area contributed by atoms with Crippen LogP contribution < -0.4 is 15.2 Å². The molecule has 3 nitrogen and oxygen atoms in total. The van der Waals surface area contributed by atoms with Gasteiger partial charge < -0.3 is 15.2 Å². The smallest absolute Gasteiger partial charge is 0.272 e. The quantitative estimate of drug-likeness (QED) is 0.792. The van der Waals surface area contributed by atoms with E-state index in [1.807, 2.05) is 13.8 Å². The van der Waals surface area contributed by atoms with Gasteiger partial charge in [0.1, 0.15) is 23.8 Å². The van der Waals surface area contributed by atoms with Crippen molar-refractivity contribution in [3.63, 3.8) is 0 Å². The van der Waals surface area contributed by atoms with Crippen LogP contribution >= 0.6 is 0 Å². The van der Waals surface area contributed by atoms with Crippen molar-refractivity contribution in [1.29, 1.82) is 0 Å². The summed E-state index contributed by atoms with van der Waals surface area (Å²) < 4.78 is 34.2. The predicted octanol–water partition coefficient (Wildman–Crippen LogP) is 2.70. The van der Waals surface area contributed by atoms with Crippen LogP contribution in [0.5, 0.6) is 11.5 Å². The minimum atomic E-state index is -2.52. The first kappa shape index (κ1) is 12.5. The molecule has 0 radical (unpaired) electrons. The van der Waals surface area contributed by atoms with Gasteiger partial charge >= 0.3 is 0 Å². The van der Waals surface area contributed by atoms with E-state index < -0.39 is 13.0 Å². The first-order valence-electron chi connectivity index (χ1n) is 4.96. The molecule has 0 spiro atoms. The number of anilines is 1. The molecule has 1 aromatic carbocycles. The highest BCUT2D eigenvalue weighted by atomic mass is 19.3. The summed E-state index contributed by atoms with van der Waals surface area (Å²) in [7, 11) is 0. The molecule has 0 aliphatic heterocycles. The monoisotopic (exact) mass is 231 g/mol. The van der Waals surface area contributed by atoms with Gasteiger partial charge in [0.05, 0.1) is 6.10 Å². The van der Waals surface area contributed by atoms with E-state index in [0.29, 0.717) is 5.75 Å². The third-order valence-electron chi connectivity index (χ3n) is 1.75. The molecule has 0 saturated carbocycles. The molecule has 1 rings (SSSR count). The number of nitrogens with two attached hydrogens (primary N) is 1. The van der Waals surface area contributed by atoms with E-state index in [1.165, 1.54) is 6.07 Å². The van der Waals surface area contributed by atoms with Gasteiger partial charge in [-0.05, 0) is 26.0 Å². The van der Waals surface area contributed by atoms with Crippen LogP contribution in [0.1, 0.15) is 13.8 Å². The Hall–Kier alpha value is -1.52. The van der Waals surface area contributed by atoms with Crippen LogP contribution in [0.25, 0.3) is 0 Å². The van der Waals surface area contributed by atoms with Crippen molar-refractivity contribution in [3.05, 3.63) is 18.2 Å². The van der Waals surface area contributed by atoms with E-state index in [2.05, 4.69) is 0 Å². The molecule has 0 bridgehead atoms. The van der Waals surface area contributed by atoms with Crippen LogP contribution in [0.15, 0.2) is 18.2 Å². The van der Waals surface area contributed by atoms with Crippen molar-refractivity contribution in [2.24, 2.45) is 0 Å². The summed E-state index contributed by atoms with van der Waals surface area (Å²) in [5, 5.41) is 0. The van der Waals surface area contributed by atoms with Crippen molar-refractivity contribution in [1.82, 2.24) is 0 Å². The van der Waals surface area contributed by atoms with E-state index in [9.17, 15) is 8.78 Å². The molecule has 90 valence electrons. The highest BCUT2D eigenvalue weighted by Gasteiger charge is 2.10. The van der Waals surface area contributed by atoms with Gasteiger partial charge in [-0.25, -0.2) is 8.78 Å². The van der Waals surface area contributed by atoms with Crippen molar-refractivity contribution in [2.45, 2.75) is 26.4 Å². The standard InChI is InChI=1S/C11H15F2NO2/c1-7(2)16-9-5-3-4-8(11(9)14)15-6-10(12)13/h3-5,7,10H,6,14H2,1-2H3. The largest absolute Gasteiger partial charge is 0.489 e. The number of hydrogen-bond donors (Lipinski definition) is 1. The number of rotatable bonds is 5. The van der Waals surface area contributed by atoms with Gasteiger partial charge in [0.25, 0.3) is 6.43 Å². The molecule has 2 N–H and O–H groups in total. The van der Waals surface area contributed by atoms with Crippen LogP contribution in [0.2, 0.25) is 0 Å². The van der Waals surface area contributed by atoms with Gasteiger partial charge in [-0.3, -0.25) is 0 Å². The molecule has 0 heterocycles. The molecule has 0 unspecified atom stereocenters. The number of benzene rings is 1. The maximum absolute atomic E-state index is 12.0. The summed E-state index contributed by atoms with van der Waals surface area (Å²) in [5.41, 5.74) is 5.97. The van der Waals surface area contributed by atoms with Crippen LogP contribution in [0.4, 0.5) is 14.5 Å². The van der Waals surface area contributed by atoms with Crippen LogP contribution in [-0.4, -0.2) is 19.1 Å². The summed E-state index contributed by atoms with van der Waals surface area (Å²) in [6.45, 7) is 3.04. The summed E-state index contributed by atoms with van der Waals surface area (Å²) in [6, 6.07) is 4.85. The number of halogens is 2. The van der Waals surface area contributed by atoms with Crippen LogP contribution in [0, 0.1) is 0 Å². The predicted molar refractivity (Wildman–Crippen MR) is 58.1 cm³/mol. The molecular weight excluding hydrogens is 216 g/mol. The molecule has 0 aromatic heterocycles. The summed E-state index contributed by atoms with van der Waals surface area (Å²) in [4.78, 5) is 0. The van der Waals surface area contributed by atoms with Crippen LogP contribution in [-0.2, 0) is 0 Å². The third kappa shape index (κ3) is 3.56. The number of nitrogen functional groups attached to an aromatic ring is 1. The minimum absolute atomic E-state index is 0.0346. The zero-order valence-corrected chi connectivity index (χ0v) is 9.24. The van der Waals surface area contributed by atoms with Crippen molar-refractivity contribution in [3.8, 4) is 11.5 Å². The van der Waals surface area contributed by atoms with Crippen molar-refractivity contribution in [2.75, 3.05) is 12.3 Å². The Morgan fingerprint density at radius 3 is 2.44 bits per heavy atom. The fraction of sp³-hybridized carbons (Fsp3) is 0.455. The highest BCUT2D eigenvalue weighted by Crippen LogP contribution is 2.32. The molecule has 0 fully saturated rings. The zero-order chi connectivity index (χ0) is 12.1. The van der Waals surface area contributed by atoms with Gasteiger partial charge in [0.15, 0.2) is 0 Å². The normalized spacial score (nSPS) is 10.9. The van der Waals surface area contributed by atoms with Gasteiger partial charge in [-0.15, -0.1) is 0 Å². The average Bonchev–Trinajstić information content (AvgIpc) is 2.18. The van der Waals surface area contributed by atoms with Crippen molar-refractivity contribution >= 4 is 5.69 Å². The molecule has 0 aliphatic carbocycles. The average molecular weight is 231 g/mol. The first-order valence-corrected chi connectivity index (χ1v) is 4.96. The molecule has 16 heavy (non-hydrogen) atoms. The van der Waals surface area contributed by atoms with Gasteiger partial charge in [-0.1, -0.05) is 6.07 Å². The number of para-hydroxylation sites is 1. The lowest BCUT2D eigenvalue weighted by Gasteiger charge is -2.15. The van der Waals surface area contributed by atoms with Crippen LogP contribution in [0.3, 0.4) is 0 Å². The van der Waals surface area contributed by atoms with E-state index >= 15 is 0 Å². The SMILES string of the molecule is CC(C)Oc1cccc(OCC(F)F)c1N. The molecule has 0 saturated heterocycles. The number of alkyl halides is 2. The molecular formula is C11H15F2NO2. The highest BCUT2D eigenvalue weighted by molar-refractivity contribution is 5.62.